The molecule has 0 fully saturated rings. The smallest absolute Gasteiger partial charge is 0.253 e. The Morgan fingerprint density at radius 1 is 1.16 bits per heavy atom. The van der Waals surface area contributed by atoms with E-state index in [2.05, 4.69) is 23.3 Å². The molecular formula is C24H29N3O3S. The first-order valence-electron chi connectivity index (χ1n) is 10.6. The number of pyridine rings is 1. The molecular weight excluding hydrogens is 410 g/mol. The highest BCUT2D eigenvalue weighted by atomic mass is 32.1. The number of hydrogen-bond donors (Lipinski definition) is 3. The minimum Gasteiger partial charge on any atom is -0.494 e. The van der Waals surface area contributed by atoms with E-state index in [4.69, 9.17) is 17.0 Å². The van der Waals surface area contributed by atoms with Gasteiger partial charge in [-0.25, -0.2) is 0 Å². The van der Waals surface area contributed by atoms with Crippen molar-refractivity contribution in [3.8, 4) is 5.75 Å². The molecule has 0 saturated heterocycles. The summed E-state index contributed by atoms with van der Waals surface area (Å²) < 4.78 is 5.47. The molecule has 0 amide bonds. The highest BCUT2D eigenvalue weighted by Crippen LogP contribution is 2.18. The Morgan fingerprint density at radius 3 is 2.61 bits per heavy atom. The predicted molar refractivity (Wildman–Crippen MR) is 130 cm³/mol. The molecule has 6 nitrogen and oxygen atoms in total. The van der Waals surface area contributed by atoms with Crippen LogP contribution in [0.1, 0.15) is 31.4 Å². The fraction of sp³-hybridized carbons (Fsp3) is 0.333. The number of ether oxygens (including phenoxy) is 1. The molecule has 0 unspecified atom stereocenters. The third-order valence-corrected chi connectivity index (χ3v) is 5.41. The molecule has 2 aromatic carbocycles. The van der Waals surface area contributed by atoms with E-state index in [-0.39, 0.29) is 12.2 Å². The van der Waals surface area contributed by atoms with Crippen LogP contribution in [-0.2, 0) is 13.0 Å². The number of hydrogen-bond acceptors (Lipinski definition) is 4. The van der Waals surface area contributed by atoms with Crippen molar-refractivity contribution in [3.05, 3.63) is 70.0 Å². The van der Waals surface area contributed by atoms with Crippen LogP contribution in [-0.4, -0.2) is 39.9 Å². The minimum absolute atomic E-state index is 0.0517. The monoisotopic (exact) mass is 439 g/mol. The number of fused-ring (bicyclic) bond motifs is 1. The molecule has 31 heavy (non-hydrogen) atoms. The number of aliphatic hydroxyl groups is 1. The van der Waals surface area contributed by atoms with Crippen LogP contribution in [0.2, 0.25) is 0 Å². The van der Waals surface area contributed by atoms with Crippen molar-refractivity contribution in [2.75, 3.05) is 25.1 Å². The summed E-state index contributed by atoms with van der Waals surface area (Å²) in [6, 6.07) is 15.6. The van der Waals surface area contributed by atoms with Crippen molar-refractivity contribution in [2.24, 2.45) is 0 Å². The summed E-state index contributed by atoms with van der Waals surface area (Å²) in [5.41, 5.74) is 3.38. The Morgan fingerprint density at radius 2 is 1.94 bits per heavy atom. The van der Waals surface area contributed by atoms with Crippen LogP contribution in [0, 0.1) is 0 Å². The van der Waals surface area contributed by atoms with Gasteiger partial charge >= 0.3 is 0 Å². The van der Waals surface area contributed by atoms with Crippen molar-refractivity contribution in [1.29, 1.82) is 0 Å². The first-order chi connectivity index (χ1) is 15.0. The SMILES string of the molecule is CCOc1ccc(NC(=S)N(CCCO)Cc2cc3cc(CC)ccc3[nH]c2=O)cc1. The van der Waals surface area contributed by atoms with Crippen LogP contribution in [0.4, 0.5) is 5.69 Å². The highest BCUT2D eigenvalue weighted by molar-refractivity contribution is 7.80. The van der Waals surface area contributed by atoms with Gasteiger partial charge in [0.05, 0.1) is 13.2 Å². The van der Waals surface area contributed by atoms with Crippen molar-refractivity contribution in [1.82, 2.24) is 9.88 Å². The molecule has 0 aliphatic heterocycles. The van der Waals surface area contributed by atoms with Crippen molar-refractivity contribution in [2.45, 2.75) is 33.2 Å². The van der Waals surface area contributed by atoms with E-state index < -0.39 is 0 Å². The molecule has 0 radical (unpaired) electrons. The number of aryl methyl sites for hydroxylation is 1. The molecule has 3 N–H and O–H groups in total. The molecule has 1 aromatic heterocycles. The van der Waals surface area contributed by atoms with Crippen LogP contribution in [0.5, 0.6) is 5.75 Å². The average Bonchev–Trinajstić information content (AvgIpc) is 2.78. The maximum atomic E-state index is 12.7. The fourth-order valence-electron chi connectivity index (χ4n) is 3.36. The number of H-pyrrole nitrogens is 1. The zero-order chi connectivity index (χ0) is 22.2. The molecule has 7 heteroatoms. The van der Waals surface area contributed by atoms with E-state index in [0.29, 0.717) is 36.8 Å². The molecule has 0 aliphatic rings. The van der Waals surface area contributed by atoms with Gasteiger partial charge in [-0.15, -0.1) is 0 Å². The number of anilines is 1. The second-order valence-corrected chi connectivity index (χ2v) is 7.67. The summed E-state index contributed by atoms with van der Waals surface area (Å²) in [4.78, 5) is 17.5. The number of aromatic amines is 1. The minimum atomic E-state index is -0.130. The first kappa shape index (κ1) is 22.8. The Bertz CT molecular complexity index is 1080. The first-order valence-corrected chi connectivity index (χ1v) is 11.0. The van der Waals surface area contributed by atoms with Gasteiger partial charge in [0, 0.05) is 29.9 Å². The highest BCUT2D eigenvalue weighted by Gasteiger charge is 2.14. The standard InChI is InChI=1S/C24H29N3O3S/c1-3-17-6-11-22-18(14-17)15-19(23(29)26-22)16-27(12-5-13-28)24(31)25-20-7-9-21(10-8-20)30-4-2/h6-11,14-15,28H,3-5,12-13,16H2,1-2H3,(H,25,31)(H,26,29). The van der Waals surface area contributed by atoms with Gasteiger partial charge in [0.15, 0.2) is 5.11 Å². The van der Waals surface area contributed by atoms with Gasteiger partial charge in [0.25, 0.3) is 5.56 Å². The zero-order valence-electron chi connectivity index (χ0n) is 18.0. The van der Waals surface area contributed by atoms with E-state index in [9.17, 15) is 9.90 Å². The van der Waals surface area contributed by atoms with Gasteiger partial charge in [0.2, 0.25) is 0 Å². The van der Waals surface area contributed by atoms with Crippen LogP contribution < -0.4 is 15.6 Å². The van der Waals surface area contributed by atoms with E-state index in [1.54, 1.807) is 0 Å². The van der Waals surface area contributed by atoms with Gasteiger partial charge in [-0.2, -0.15) is 0 Å². The van der Waals surface area contributed by atoms with E-state index in [1.807, 2.05) is 54.3 Å². The number of nitrogens with zero attached hydrogens (tertiary/aromatic N) is 1. The molecule has 3 rings (SSSR count). The van der Waals surface area contributed by atoms with Gasteiger partial charge < -0.3 is 25.0 Å². The summed E-state index contributed by atoms with van der Waals surface area (Å²) in [7, 11) is 0. The summed E-state index contributed by atoms with van der Waals surface area (Å²) in [6.07, 6.45) is 1.49. The lowest BCUT2D eigenvalue weighted by atomic mass is 10.1. The molecule has 164 valence electrons. The van der Waals surface area contributed by atoms with Crippen LogP contribution >= 0.6 is 12.2 Å². The maximum absolute atomic E-state index is 12.7. The average molecular weight is 440 g/mol. The summed E-state index contributed by atoms with van der Waals surface area (Å²) in [5, 5.41) is 14.0. The van der Waals surface area contributed by atoms with Gasteiger partial charge in [0.1, 0.15) is 5.75 Å². The lowest BCUT2D eigenvalue weighted by Gasteiger charge is -2.25. The second-order valence-electron chi connectivity index (χ2n) is 7.29. The second kappa shape index (κ2) is 10.9. The molecule has 0 saturated carbocycles. The summed E-state index contributed by atoms with van der Waals surface area (Å²) >= 11 is 5.62. The normalized spacial score (nSPS) is 10.8. The quantitative estimate of drug-likeness (QED) is 0.436. The lowest BCUT2D eigenvalue weighted by molar-refractivity contribution is 0.265. The van der Waals surface area contributed by atoms with E-state index in [1.165, 1.54) is 5.56 Å². The molecule has 3 aromatic rings. The molecule has 0 atom stereocenters. The lowest BCUT2D eigenvalue weighted by Crippen LogP contribution is -2.37. The zero-order valence-corrected chi connectivity index (χ0v) is 18.8. The van der Waals surface area contributed by atoms with Crippen LogP contribution in [0.3, 0.4) is 0 Å². The number of benzene rings is 2. The van der Waals surface area contributed by atoms with E-state index >= 15 is 0 Å². The van der Waals surface area contributed by atoms with E-state index in [0.717, 1.165) is 28.8 Å². The Labute approximate surface area is 187 Å². The molecule has 0 spiro atoms. The summed E-state index contributed by atoms with van der Waals surface area (Å²) in [5.74, 6) is 0.797. The van der Waals surface area contributed by atoms with Gasteiger partial charge in [-0.05, 0) is 85.4 Å². The molecule has 0 aliphatic carbocycles. The number of aromatic nitrogens is 1. The largest absolute Gasteiger partial charge is 0.494 e. The molecule has 1 heterocycles. The number of thiocarbonyl (C=S) groups is 1. The summed E-state index contributed by atoms with van der Waals surface area (Å²) in [6.45, 7) is 5.60. The number of nitrogens with one attached hydrogen (secondary N) is 2. The fourth-order valence-corrected chi connectivity index (χ4v) is 3.64. The van der Waals surface area contributed by atoms with Gasteiger partial charge in [-0.3, -0.25) is 4.79 Å². The topological polar surface area (TPSA) is 77.6 Å². The Balaban J connectivity index is 1.80. The van der Waals surface area contributed by atoms with Crippen LogP contribution in [0.15, 0.2) is 53.3 Å². The Kier molecular flexibility index (Phi) is 8.03. The molecule has 0 bridgehead atoms. The number of aliphatic hydroxyl groups excluding tert-OH is 1. The van der Waals surface area contributed by atoms with Gasteiger partial charge in [-0.1, -0.05) is 13.0 Å². The van der Waals surface area contributed by atoms with Crippen LogP contribution in [0.25, 0.3) is 10.9 Å². The third-order valence-electron chi connectivity index (χ3n) is 5.04. The van der Waals surface area contributed by atoms with Crippen molar-refractivity contribution < 1.29 is 9.84 Å². The Hall–Kier alpha value is -2.90. The third kappa shape index (κ3) is 6.06. The van der Waals surface area contributed by atoms with Crippen molar-refractivity contribution in [3.63, 3.8) is 0 Å². The maximum Gasteiger partial charge on any atom is 0.253 e. The van der Waals surface area contributed by atoms with Crippen molar-refractivity contribution >= 4 is 33.9 Å². The predicted octanol–water partition coefficient (Wildman–Crippen LogP) is 4.07. The number of rotatable bonds is 9.